The molecule has 0 bridgehead atoms. The van der Waals surface area contributed by atoms with Gasteiger partial charge in [-0.25, -0.2) is 4.79 Å². The summed E-state index contributed by atoms with van der Waals surface area (Å²) in [6.07, 6.45) is 1.96. The second-order valence-corrected chi connectivity index (χ2v) is 9.25. The molecule has 5 rings (SSSR count). The molecule has 0 atom stereocenters. The van der Waals surface area contributed by atoms with E-state index in [2.05, 4.69) is 28.9 Å². The first kappa shape index (κ1) is 19.4. The number of pyridine rings is 1. The number of hydrogen-bond acceptors (Lipinski definition) is 6. The van der Waals surface area contributed by atoms with Gasteiger partial charge in [0.25, 0.3) is 0 Å². The monoisotopic (exact) mass is 420 g/mol. The fraction of sp³-hybridized carbons (Fsp3) is 0.333. The molecule has 4 heterocycles. The van der Waals surface area contributed by atoms with Crippen molar-refractivity contribution < 1.29 is 8.83 Å². The highest BCUT2D eigenvalue weighted by atomic mass is 32.2. The summed E-state index contributed by atoms with van der Waals surface area (Å²) in [4.78, 5) is 19.3. The van der Waals surface area contributed by atoms with Gasteiger partial charge in [-0.15, -0.1) is 0 Å². The molecular weight excluding hydrogens is 396 g/mol. The minimum absolute atomic E-state index is 0.373. The molecule has 1 aromatic carbocycles. The molecule has 0 radical (unpaired) electrons. The van der Waals surface area contributed by atoms with E-state index in [9.17, 15) is 4.79 Å². The van der Waals surface area contributed by atoms with Crippen molar-refractivity contribution in [1.29, 1.82) is 0 Å². The number of rotatable bonds is 3. The van der Waals surface area contributed by atoms with Crippen molar-refractivity contribution in [1.82, 2.24) is 9.88 Å². The second-order valence-electron chi connectivity index (χ2n) is 8.02. The van der Waals surface area contributed by atoms with E-state index in [0.717, 1.165) is 63.9 Å². The molecule has 1 fully saturated rings. The molecule has 3 aromatic heterocycles. The van der Waals surface area contributed by atoms with Crippen molar-refractivity contribution in [2.24, 2.45) is 0 Å². The fourth-order valence-electron chi connectivity index (χ4n) is 4.08. The van der Waals surface area contributed by atoms with Gasteiger partial charge >= 0.3 is 5.63 Å². The molecule has 0 N–H and O–H groups in total. The molecule has 1 aliphatic heterocycles. The van der Waals surface area contributed by atoms with Crippen LogP contribution in [0.25, 0.3) is 33.3 Å². The number of aryl methyl sites for hydroxylation is 3. The summed E-state index contributed by atoms with van der Waals surface area (Å²) >= 11 is 2.01. The molecule has 5 nitrogen and oxygen atoms in total. The quantitative estimate of drug-likeness (QED) is 0.431. The number of aromatic nitrogens is 1. The van der Waals surface area contributed by atoms with Crippen LogP contribution in [0.5, 0.6) is 0 Å². The lowest BCUT2D eigenvalue weighted by Crippen LogP contribution is -2.32. The van der Waals surface area contributed by atoms with Crippen LogP contribution in [-0.2, 0) is 6.54 Å². The van der Waals surface area contributed by atoms with E-state index < -0.39 is 0 Å². The Morgan fingerprint density at radius 3 is 2.57 bits per heavy atom. The molecule has 0 unspecified atom stereocenters. The number of benzene rings is 1. The van der Waals surface area contributed by atoms with E-state index in [1.165, 1.54) is 17.6 Å². The maximum Gasteiger partial charge on any atom is 0.336 e. The van der Waals surface area contributed by atoms with Crippen molar-refractivity contribution in [2.75, 3.05) is 24.6 Å². The summed E-state index contributed by atoms with van der Waals surface area (Å²) in [5.74, 6) is 3.02. The third kappa shape index (κ3) is 3.44. The van der Waals surface area contributed by atoms with Crippen LogP contribution in [0, 0.1) is 20.8 Å². The Hall–Kier alpha value is -2.57. The Kier molecular flexibility index (Phi) is 4.91. The molecule has 30 heavy (non-hydrogen) atoms. The van der Waals surface area contributed by atoms with Gasteiger partial charge < -0.3 is 8.83 Å². The molecule has 0 spiro atoms. The van der Waals surface area contributed by atoms with Crippen LogP contribution in [0.1, 0.15) is 22.4 Å². The van der Waals surface area contributed by atoms with E-state index in [-0.39, 0.29) is 5.63 Å². The van der Waals surface area contributed by atoms with E-state index in [4.69, 9.17) is 8.83 Å². The highest BCUT2D eigenvalue weighted by molar-refractivity contribution is 7.99. The van der Waals surface area contributed by atoms with Crippen LogP contribution >= 0.6 is 11.8 Å². The number of thioether (sulfide) groups is 1. The third-order valence-corrected chi connectivity index (χ3v) is 6.89. The van der Waals surface area contributed by atoms with Gasteiger partial charge in [-0.3, -0.25) is 9.88 Å². The average molecular weight is 421 g/mol. The molecule has 4 aromatic rings. The summed E-state index contributed by atoms with van der Waals surface area (Å²) in [5.41, 5.74) is 6.03. The van der Waals surface area contributed by atoms with Crippen molar-refractivity contribution >= 4 is 33.7 Å². The summed E-state index contributed by atoms with van der Waals surface area (Å²) in [5, 5.41) is 1.96. The molecule has 0 aliphatic carbocycles. The zero-order valence-electron chi connectivity index (χ0n) is 17.4. The van der Waals surface area contributed by atoms with Crippen LogP contribution in [0.15, 0.2) is 44.1 Å². The average Bonchev–Trinajstić information content (AvgIpc) is 3.18. The number of fused-ring (bicyclic) bond motifs is 2. The number of hydrogen-bond donors (Lipinski definition) is 0. The second kappa shape index (κ2) is 7.60. The summed E-state index contributed by atoms with van der Waals surface area (Å²) in [7, 11) is 0. The maximum atomic E-state index is 12.3. The largest absolute Gasteiger partial charge is 0.454 e. The maximum absolute atomic E-state index is 12.3. The third-order valence-electron chi connectivity index (χ3n) is 5.94. The summed E-state index contributed by atoms with van der Waals surface area (Å²) in [6, 6.07) is 7.57. The zero-order chi connectivity index (χ0) is 20.8. The fourth-order valence-corrected chi connectivity index (χ4v) is 5.06. The lowest BCUT2D eigenvalue weighted by molar-refractivity contribution is 0.295. The Morgan fingerprint density at radius 2 is 1.77 bits per heavy atom. The van der Waals surface area contributed by atoms with Crippen LogP contribution < -0.4 is 5.63 Å². The van der Waals surface area contributed by atoms with Crippen molar-refractivity contribution in [2.45, 2.75) is 27.3 Å². The van der Waals surface area contributed by atoms with Crippen molar-refractivity contribution in [3.63, 3.8) is 0 Å². The Labute approximate surface area is 179 Å². The molecule has 1 saturated heterocycles. The van der Waals surface area contributed by atoms with E-state index in [1.54, 1.807) is 0 Å². The van der Waals surface area contributed by atoms with Gasteiger partial charge in [0, 0.05) is 59.7 Å². The van der Waals surface area contributed by atoms with Gasteiger partial charge in [0.15, 0.2) is 5.58 Å². The molecule has 154 valence electrons. The highest BCUT2D eigenvalue weighted by Crippen LogP contribution is 2.35. The topological polar surface area (TPSA) is 59.5 Å². The molecule has 6 heteroatoms. The van der Waals surface area contributed by atoms with E-state index in [0.29, 0.717) is 11.3 Å². The van der Waals surface area contributed by atoms with Crippen molar-refractivity contribution in [3.05, 3.63) is 63.3 Å². The SMILES string of the molecule is Cc1cc2oc(=O)cc(-c3cc4c(CN5CCSCC5)cnc(C)c4o3)c2cc1C. The van der Waals surface area contributed by atoms with Crippen LogP contribution in [0.3, 0.4) is 0 Å². The normalized spacial score (nSPS) is 15.3. The van der Waals surface area contributed by atoms with Gasteiger partial charge in [0.1, 0.15) is 11.3 Å². The van der Waals surface area contributed by atoms with Crippen LogP contribution in [0.4, 0.5) is 0 Å². The molecule has 1 aliphatic rings. The first-order valence-electron chi connectivity index (χ1n) is 10.2. The van der Waals surface area contributed by atoms with Gasteiger partial charge in [0.2, 0.25) is 0 Å². The minimum atomic E-state index is -0.373. The molecular formula is C24H24N2O3S. The Bertz CT molecular complexity index is 1320. The lowest BCUT2D eigenvalue weighted by atomic mass is 10.0. The lowest BCUT2D eigenvalue weighted by Gasteiger charge is -2.26. The van der Waals surface area contributed by atoms with E-state index in [1.807, 2.05) is 37.9 Å². The van der Waals surface area contributed by atoms with E-state index >= 15 is 0 Å². The standard InChI is InChI=1S/C24H24N2O3S/c1-14-8-19-20(11-23(27)28-21(19)9-15(14)2)22-10-18-17(12-25-16(3)24(18)29-22)13-26-4-6-30-7-5-26/h8-12H,4-7,13H2,1-3H3. The van der Waals surface area contributed by atoms with Crippen LogP contribution in [0.2, 0.25) is 0 Å². The van der Waals surface area contributed by atoms with Crippen molar-refractivity contribution in [3.8, 4) is 11.3 Å². The Morgan fingerprint density at radius 1 is 1.00 bits per heavy atom. The van der Waals surface area contributed by atoms with Gasteiger partial charge in [-0.2, -0.15) is 11.8 Å². The number of furan rings is 1. The zero-order valence-corrected chi connectivity index (χ0v) is 18.3. The summed E-state index contributed by atoms with van der Waals surface area (Å²) in [6.45, 7) is 9.08. The first-order chi connectivity index (χ1) is 14.5. The smallest absolute Gasteiger partial charge is 0.336 e. The summed E-state index contributed by atoms with van der Waals surface area (Å²) < 4.78 is 11.7. The predicted octanol–water partition coefficient (Wildman–Crippen LogP) is 5.08. The molecule has 0 amide bonds. The van der Waals surface area contributed by atoms with Gasteiger partial charge in [0.05, 0.1) is 5.69 Å². The Balaban J connectivity index is 1.67. The van der Waals surface area contributed by atoms with Crippen LogP contribution in [-0.4, -0.2) is 34.5 Å². The van der Waals surface area contributed by atoms with Gasteiger partial charge in [-0.05, 0) is 55.7 Å². The number of nitrogens with zero attached hydrogens (tertiary/aromatic N) is 2. The molecule has 0 saturated carbocycles. The minimum Gasteiger partial charge on any atom is -0.454 e. The highest BCUT2D eigenvalue weighted by Gasteiger charge is 2.19. The first-order valence-corrected chi connectivity index (χ1v) is 11.4. The van der Waals surface area contributed by atoms with Gasteiger partial charge in [-0.1, -0.05) is 0 Å². The predicted molar refractivity (Wildman–Crippen MR) is 122 cm³/mol.